The summed E-state index contributed by atoms with van der Waals surface area (Å²) in [7, 11) is 1.77. The predicted octanol–water partition coefficient (Wildman–Crippen LogP) is 1.57. The molecule has 0 aliphatic carbocycles. The second-order valence-electron chi connectivity index (χ2n) is 5.41. The van der Waals surface area contributed by atoms with Crippen LogP contribution in [0.4, 0.5) is 5.69 Å². The van der Waals surface area contributed by atoms with E-state index in [4.69, 9.17) is 0 Å². The van der Waals surface area contributed by atoms with Gasteiger partial charge in [-0.2, -0.15) is 5.10 Å². The van der Waals surface area contributed by atoms with E-state index < -0.39 is 0 Å². The van der Waals surface area contributed by atoms with Crippen LogP contribution in [0.15, 0.2) is 30.6 Å². The van der Waals surface area contributed by atoms with Gasteiger partial charge in [-0.1, -0.05) is 6.07 Å². The summed E-state index contributed by atoms with van der Waals surface area (Å²) in [6.45, 7) is 1.17. The number of fused-ring (bicyclic) bond motifs is 1. The van der Waals surface area contributed by atoms with Crippen LogP contribution in [0.1, 0.15) is 21.5 Å². The van der Waals surface area contributed by atoms with Crippen molar-refractivity contribution in [3.8, 4) is 0 Å². The van der Waals surface area contributed by atoms with E-state index in [1.807, 2.05) is 0 Å². The van der Waals surface area contributed by atoms with E-state index in [0.717, 1.165) is 11.1 Å². The topological polar surface area (TPSA) is 81.3 Å². The van der Waals surface area contributed by atoms with Crippen LogP contribution < -0.4 is 0 Å². The van der Waals surface area contributed by atoms with Crippen molar-refractivity contribution in [2.24, 2.45) is 7.05 Å². The second kappa shape index (κ2) is 5.59. The Balaban J connectivity index is 1.78. The molecule has 1 aliphatic heterocycles. The van der Waals surface area contributed by atoms with Gasteiger partial charge in [-0.05, 0) is 24.0 Å². The molecule has 3 rings (SSSR count). The van der Waals surface area contributed by atoms with Crippen LogP contribution in [-0.2, 0) is 19.9 Å². The molecule has 0 radical (unpaired) electrons. The molecule has 0 unspecified atom stereocenters. The highest BCUT2D eigenvalue weighted by Gasteiger charge is 2.21. The molecule has 1 amide bonds. The summed E-state index contributed by atoms with van der Waals surface area (Å²) in [5.41, 5.74) is 2.70. The number of nitro groups is 1. The van der Waals surface area contributed by atoms with Crippen molar-refractivity contribution < 1.29 is 9.72 Å². The summed E-state index contributed by atoms with van der Waals surface area (Å²) in [5.74, 6) is -0.0459. The van der Waals surface area contributed by atoms with Crippen LogP contribution in [0.3, 0.4) is 0 Å². The van der Waals surface area contributed by atoms with Gasteiger partial charge in [-0.15, -0.1) is 0 Å². The van der Waals surface area contributed by atoms with Crippen molar-refractivity contribution in [1.29, 1.82) is 0 Å². The molecule has 0 spiro atoms. The lowest BCUT2D eigenvalue weighted by atomic mass is 10.0. The van der Waals surface area contributed by atoms with Gasteiger partial charge in [0, 0.05) is 38.5 Å². The Morgan fingerprint density at radius 1 is 1.27 bits per heavy atom. The number of non-ortho nitro benzene ring substituents is 1. The SMILES string of the molecule is Cn1cc(C(=O)N2CCc3ccc([N+](=O)[O-])cc3CC2)cn1. The smallest absolute Gasteiger partial charge is 0.269 e. The van der Waals surface area contributed by atoms with Crippen LogP contribution in [0, 0.1) is 10.1 Å². The molecule has 1 aromatic heterocycles. The van der Waals surface area contributed by atoms with Gasteiger partial charge >= 0.3 is 0 Å². The molecule has 0 saturated carbocycles. The molecule has 0 atom stereocenters. The van der Waals surface area contributed by atoms with E-state index >= 15 is 0 Å². The normalized spacial score (nSPS) is 14.3. The van der Waals surface area contributed by atoms with E-state index in [-0.39, 0.29) is 16.5 Å². The first kappa shape index (κ1) is 14.2. The second-order valence-corrected chi connectivity index (χ2v) is 5.41. The molecule has 0 bridgehead atoms. The lowest BCUT2D eigenvalue weighted by Gasteiger charge is -2.19. The molecule has 7 nitrogen and oxygen atoms in total. The van der Waals surface area contributed by atoms with Gasteiger partial charge in [-0.25, -0.2) is 0 Å². The minimum atomic E-state index is -0.385. The van der Waals surface area contributed by atoms with E-state index in [1.54, 1.807) is 41.2 Å². The van der Waals surface area contributed by atoms with Gasteiger partial charge in [0.25, 0.3) is 11.6 Å². The molecule has 2 aromatic rings. The summed E-state index contributed by atoms with van der Waals surface area (Å²) in [6.07, 6.45) is 4.60. The monoisotopic (exact) mass is 300 g/mol. The number of benzene rings is 1. The van der Waals surface area contributed by atoms with Crippen LogP contribution >= 0.6 is 0 Å². The Morgan fingerprint density at radius 3 is 2.64 bits per heavy atom. The van der Waals surface area contributed by atoms with Gasteiger partial charge < -0.3 is 4.90 Å². The molecule has 0 N–H and O–H groups in total. The highest BCUT2D eigenvalue weighted by molar-refractivity contribution is 5.93. The minimum absolute atomic E-state index is 0.0459. The van der Waals surface area contributed by atoms with Gasteiger partial charge in [0.2, 0.25) is 0 Å². The zero-order valence-electron chi connectivity index (χ0n) is 12.2. The fourth-order valence-electron chi connectivity index (χ4n) is 2.74. The largest absolute Gasteiger partial charge is 0.338 e. The minimum Gasteiger partial charge on any atom is -0.338 e. The third kappa shape index (κ3) is 2.69. The molecule has 1 aromatic carbocycles. The lowest BCUT2D eigenvalue weighted by molar-refractivity contribution is -0.384. The third-order valence-electron chi connectivity index (χ3n) is 3.94. The van der Waals surface area contributed by atoms with Crippen LogP contribution in [0.2, 0.25) is 0 Å². The Kier molecular flexibility index (Phi) is 3.62. The first-order valence-corrected chi connectivity index (χ1v) is 7.09. The van der Waals surface area contributed by atoms with E-state index in [9.17, 15) is 14.9 Å². The maximum Gasteiger partial charge on any atom is 0.269 e. The quantitative estimate of drug-likeness (QED) is 0.622. The molecule has 7 heteroatoms. The molecule has 1 aliphatic rings. The molecular weight excluding hydrogens is 284 g/mol. The fourth-order valence-corrected chi connectivity index (χ4v) is 2.74. The first-order chi connectivity index (χ1) is 10.5. The molecule has 0 fully saturated rings. The number of carbonyl (C=O) groups is 1. The average molecular weight is 300 g/mol. The molecule has 114 valence electrons. The summed E-state index contributed by atoms with van der Waals surface area (Å²) in [6, 6.07) is 4.94. The molecule has 0 saturated heterocycles. The molecular formula is C15H16N4O3. The molecule has 22 heavy (non-hydrogen) atoms. The van der Waals surface area contributed by atoms with E-state index in [1.165, 1.54) is 6.07 Å². The summed E-state index contributed by atoms with van der Waals surface area (Å²) in [4.78, 5) is 24.7. The number of hydrogen-bond donors (Lipinski definition) is 0. The number of rotatable bonds is 2. The van der Waals surface area contributed by atoms with Crippen molar-refractivity contribution in [2.45, 2.75) is 12.8 Å². The zero-order chi connectivity index (χ0) is 15.7. The van der Waals surface area contributed by atoms with Crippen LogP contribution in [-0.4, -0.2) is 38.6 Å². The number of nitrogens with zero attached hydrogens (tertiary/aromatic N) is 4. The number of carbonyl (C=O) groups excluding carboxylic acids is 1. The number of amides is 1. The Labute approximate surface area is 127 Å². The highest BCUT2D eigenvalue weighted by Crippen LogP contribution is 2.22. The van der Waals surface area contributed by atoms with Gasteiger partial charge in [-0.3, -0.25) is 19.6 Å². The summed E-state index contributed by atoms with van der Waals surface area (Å²) >= 11 is 0. The van der Waals surface area contributed by atoms with Crippen molar-refractivity contribution in [3.05, 3.63) is 57.4 Å². The standard InChI is InChI=1S/C15H16N4O3/c1-17-10-13(9-16-17)15(20)18-6-4-11-2-3-14(19(21)22)8-12(11)5-7-18/h2-3,8-10H,4-7H2,1H3. The Morgan fingerprint density at radius 2 is 2.00 bits per heavy atom. The third-order valence-corrected chi connectivity index (χ3v) is 3.94. The van der Waals surface area contributed by atoms with E-state index in [2.05, 4.69) is 5.10 Å². The lowest BCUT2D eigenvalue weighted by Crippen LogP contribution is -2.33. The van der Waals surface area contributed by atoms with Gasteiger partial charge in [0.15, 0.2) is 0 Å². The maximum atomic E-state index is 12.5. The van der Waals surface area contributed by atoms with Crippen LogP contribution in [0.25, 0.3) is 0 Å². The number of hydrogen-bond acceptors (Lipinski definition) is 4. The van der Waals surface area contributed by atoms with Crippen molar-refractivity contribution in [2.75, 3.05) is 13.1 Å². The Hall–Kier alpha value is -2.70. The highest BCUT2D eigenvalue weighted by atomic mass is 16.6. The van der Waals surface area contributed by atoms with E-state index in [0.29, 0.717) is 31.5 Å². The van der Waals surface area contributed by atoms with Gasteiger partial charge in [0.05, 0.1) is 16.7 Å². The summed E-state index contributed by atoms with van der Waals surface area (Å²) < 4.78 is 1.60. The first-order valence-electron chi connectivity index (χ1n) is 7.09. The predicted molar refractivity (Wildman–Crippen MR) is 79.6 cm³/mol. The number of nitro benzene ring substituents is 1. The van der Waals surface area contributed by atoms with Gasteiger partial charge in [0.1, 0.15) is 0 Å². The number of aryl methyl sites for hydroxylation is 1. The average Bonchev–Trinajstić information content (AvgIpc) is 2.82. The van der Waals surface area contributed by atoms with Crippen molar-refractivity contribution in [1.82, 2.24) is 14.7 Å². The van der Waals surface area contributed by atoms with Crippen molar-refractivity contribution in [3.63, 3.8) is 0 Å². The maximum absolute atomic E-state index is 12.5. The zero-order valence-corrected chi connectivity index (χ0v) is 12.2. The number of aromatic nitrogens is 2. The molecule has 2 heterocycles. The van der Waals surface area contributed by atoms with Crippen molar-refractivity contribution >= 4 is 11.6 Å². The summed E-state index contributed by atoms with van der Waals surface area (Å²) in [5, 5.41) is 14.9. The Bertz CT molecular complexity index is 738. The fraction of sp³-hybridized carbons (Fsp3) is 0.333. The van der Waals surface area contributed by atoms with Crippen LogP contribution in [0.5, 0.6) is 0 Å².